The van der Waals surface area contributed by atoms with Crippen molar-refractivity contribution in [2.45, 2.75) is 77.8 Å². The molecule has 1 saturated carbocycles. The summed E-state index contributed by atoms with van der Waals surface area (Å²) >= 11 is 0. The van der Waals surface area contributed by atoms with E-state index in [1.54, 1.807) is 0 Å². The Morgan fingerprint density at radius 1 is 1.28 bits per heavy atom. The predicted molar refractivity (Wildman–Crippen MR) is 78.6 cm³/mol. The lowest BCUT2D eigenvalue weighted by atomic mass is 9.73. The van der Waals surface area contributed by atoms with Gasteiger partial charge in [-0.2, -0.15) is 0 Å². The summed E-state index contributed by atoms with van der Waals surface area (Å²) in [6.07, 6.45) is 9.65. The first-order valence-electron chi connectivity index (χ1n) is 8.01. The van der Waals surface area contributed by atoms with E-state index in [-0.39, 0.29) is 0 Å². The first-order valence-corrected chi connectivity index (χ1v) is 8.01. The Balaban J connectivity index is 1.98. The van der Waals surface area contributed by atoms with Crippen LogP contribution in [0.5, 0.6) is 0 Å². The molecule has 2 N–H and O–H groups in total. The number of piperidine rings is 1. The van der Waals surface area contributed by atoms with Gasteiger partial charge in [-0.15, -0.1) is 0 Å². The van der Waals surface area contributed by atoms with Crippen LogP contribution in [0.3, 0.4) is 0 Å². The van der Waals surface area contributed by atoms with Gasteiger partial charge in [0.1, 0.15) is 0 Å². The van der Waals surface area contributed by atoms with Crippen molar-refractivity contribution in [1.82, 2.24) is 4.90 Å². The number of nitrogens with zero attached hydrogens (tertiary/aromatic N) is 1. The standard InChI is InChI=1S/C16H32N2/c1-4-13-7-9-18(15(10-13)12-17)14-6-5-8-16(2,3)11-14/h13-15H,4-12,17H2,1-3H3. The van der Waals surface area contributed by atoms with Gasteiger partial charge in [0, 0.05) is 18.6 Å². The SMILES string of the molecule is CCC1CCN(C2CCCC(C)(C)C2)C(CN)C1. The zero-order chi connectivity index (χ0) is 13.2. The van der Waals surface area contributed by atoms with Crippen LogP contribution in [0.25, 0.3) is 0 Å². The average Bonchev–Trinajstić information content (AvgIpc) is 2.36. The number of hydrogen-bond acceptors (Lipinski definition) is 2. The highest BCUT2D eigenvalue weighted by molar-refractivity contribution is 4.91. The molecule has 106 valence electrons. The van der Waals surface area contributed by atoms with Gasteiger partial charge in [0.15, 0.2) is 0 Å². The van der Waals surface area contributed by atoms with Crippen molar-refractivity contribution in [3.05, 3.63) is 0 Å². The van der Waals surface area contributed by atoms with Crippen molar-refractivity contribution < 1.29 is 0 Å². The molecule has 1 heterocycles. The molecule has 2 heteroatoms. The third-order valence-electron chi connectivity index (χ3n) is 5.37. The molecule has 0 amide bonds. The first kappa shape index (κ1) is 14.3. The Kier molecular flexibility index (Phi) is 4.71. The number of rotatable bonds is 3. The highest BCUT2D eigenvalue weighted by Crippen LogP contribution is 2.39. The summed E-state index contributed by atoms with van der Waals surface area (Å²) in [6.45, 7) is 9.36. The third-order valence-corrected chi connectivity index (χ3v) is 5.37. The summed E-state index contributed by atoms with van der Waals surface area (Å²) in [6, 6.07) is 1.46. The summed E-state index contributed by atoms with van der Waals surface area (Å²) in [7, 11) is 0. The van der Waals surface area contributed by atoms with Crippen molar-refractivity contribution in [3.8, 4) is 0 Å². The number of likely N-dealkylation sites (tertiary alicyclic amines) is 1. The van der Waals surface area contributed by atoms with Crippen LogP contribution in [0.2, 0.25) is 0 Å². The van der Waals surface area contributed by atoms with E-state index >= 15 is 0 Å². The van der Waals surface area contributed by atoms with Crippen molar-refractivity contribution in [2.75, 3.05) is 13.1 Å². The fourth-order valence-electron chi connectivity index (χ4n) is 4.18. The topological polar surface area (TPSA) is 29.3 Å². The molecule has 2 aliphatic rings. The molecule has 2 nitrogen and oxygen atoms in total. The van der Waals surface area contributed by atoms with E-state index in [1.807, 2.05) is 0 Å². The van der Waals surface area contributed by atoms with E-state index in [0.717, 1.165) is 18.5 Å². The second kappa shape index (κ2) is 5.92. The molecule has 0 aromatic carbocycles. The van der Waals surface area contributed by atoms with Gasteiger partial charge in [0.25, 0.3) is 0 Å². The molecular formula is C16H32N2. The number of hydrogen-bond donors (Lipinski definition) is 1. The van der Waals surface area contributed by atoms with Crippen LogP contribution in [-0.4, -0.2) is 30.1 Å². The quantitative estimate of drug-likeness (QED) is 0.834. The summed E-state index contributed by atoms with van der Waals surface area (Å²) in [5, 5.41) is 0. The Bertz CT molecular complexity index is 262. The second-order valence-corrected chi connectivity index (χ2v) is 7.34. The monoisotopic (exact) mass is 252 g/mol. The normalized spacial score (nSPS) is 37.7. The fourth-order valence-corrected chi connectivity index (χ4v) is 4.18. The van der Waals surface area contributed by atoms with Gasteiger partial charge in [-0.1, -0.05) is 33.6 Å². The molecule has 3 unspecified atom stereocenters. The van der Waals surface area contributed by atoms with Crippen LogP contribution < -0.4 is 5.73 Å². The highest BCUT2D eigenvalue weighted by Gasteiger charge is 2.36. The van der Waals surface area contributed by atoms with E-state index in [1.165, 1.54) is 51.5 Å². The van der Waals surface area contributed by atoms with E-state index in [4.69, 9.17) is 5.73 Å². The van der Waals surface area contributed by atoms with Crippen molar-refractivity contribution in [3.63, 3.8) is 0 Å². The smallest absolute Gasteiger partial charge is 0.0223 e. The Labute approximate surface area is 113 Å². The van der Waals surface area contributed by atoms with Gasteiger partial charge in [0.05, 0.1) is 0 Å². The van der Waals surface area contributed by atoms with Gasteiger partial charge in [-0.3, -0.25) is 4.90 Å². The van der Waals surface area contributed by atoms with Gasteiger partial charge in [-0.05, 0) is 50.0 Å². The minimum absolute atomic E-state index is 0.545. The molecule has 0 bridgehead atoms. The zero-order valence-corrected chi connectivity index (χ0v) is 12.6. The van der Waals surface area contributed by atoms with Crippen LogP contribution in [0.15, 0.2) is 0 Å². The van der Waals surface area contributed by atoms with E-state index < -0.39 is 0 Å². The molecule has 1 aliphatic carbocycles. The van der Waals surface area contributed by atoms with Crippen LogP contribution in [0.1, 0.15) is 65.7 Å². The lowest BCUT2D eigenvalue weighted by molar-refractivity contribution is 0.0251. The van der Waals surface area contributed by atoms with E-state index in [9.17, 15) is 0 Å². The first-order chi connectivity index (χ1) is 8.55. The highest BCUT2D eigenvalue weighted by atomic mass is 15.2. The van der Waals surface area contributed by atoms with Crippen molar-refractivity contribution in [2.24, 2.45) is 17.1 Å². The van der Waals surface area contributed by atoms with E-state index in [2.05, 4.69) is 25.7 Å². The van der Waals surface area contributed by atoms with Gasteiger partial charge in [0.2, 0.25) is 0 Å². The van der Waals surface area contributed by atoms with Gasteiger partial charge in [-0.25, -0.2) is 0 Å². The molecule has 0 spiro atoms. The third kappa shape index (κ3) is 3.27. The van der Waals surface area contributed by atoms with Crippen LogP contribution in [0.4, 0.5) is 0 Å². The Hall–Kier alpha value is -0.0800. The van der Waals surface area contributed by atoms with Crippen LogP contribution in [-0.2, 0) is 0 Å². The zero-order valence-electron chi connectivity index (χ0n) is 12.6. The summed E-state index contributed by atoms with van der Waals surface area (Å²) in [5.41, 5.74) is 6.59. The van der Waals surface area contributed by atoms with E-state index in [0.29, 0.717) is 11.5 Å². The van der Waals surface area contributed by atoms with Gasteiger partial charge >= 0.3 is 0 Å². The Morgan fingerprint density at radius 2 is 2.06 bits per heavy atom. The molecule has 0 aromatic rings. The molecule has 0 radical (unpaired) electrons. The minimum atomic E-state index is 0.545. The van der Waals surface area contributed by atoms with Crippen LogP contribution in [0, 0.1) is 11.3 Å². The lowest BCUT2D eigenvalue weighted by Crippen LogP contribution is -2.53. The summed E-state index contributed by atoms with van der Waals surface area (Å²) < 4.78 is 0. The van der Waals surface area contributed by atoms with Crippen molar-refractivity contribution >= 4 is 0 Å². The predicted octanol–water partition coefficient (Wildman–Crippen LogP) is 3.40. The molecular weight excluding hydrogens is 220 g/mol. The average molecular weight is 252 g/mol. The molecule has 2 fully saturated rings. The lowest BCUT2D eigenvalue weighted by Gasteiger charge is -2.48. The maximum absolute atomic E-state index is 6.04. The molecule has 0 aromatic heterocycles. The summed E-state index contributed by atoms with van der Waals surface area (Å²) in [4.78, 5) is 2.77. The van der Waals surface area contributed by atoms with Crippen molar-refractivity contribution in [1.29, 1.82) is 0 Å². The van der Waals surface area contributed by atoms with Crippen LogP contribution >= 0.6 is 0 Å². The maximum Gasteiger partial charge on any atom is 0.0223 e. The molecule has 18 heavy (non-hydrogen) atoms. The maximum atomic E-state index is 6.04. The largest absolute Gasteiger partial charge is 0.329 e. The molecule has 2 rings (SSSR count). The second-order valence-electron chi connectivity index (χ2n) is 7.34. The molecule has 1 aliphatic heterocycles. The molecule has 3 atom stereocenters. The Morgan fingerprint density at radius 3 is 2.67 bits per heavy atom. The fraction of sp³-hybridized carbons (Fsp3) is 1.00. The minimum Gasteiger partial charge on any atom is -0.329 e. The number of nitrogens with two attached hydrogens (primary N) is 1. The molecule has 1 saturated heterocycles. The summed E-state index contributed by atoms with van der Waals surface area (Å²) in [5.74, 6) is 0.923. The van der Waals surface area contributed by atoms with Gasteiger partial charge < -0.3 is 5.73 Å².